The number of fused-ring (bicyclic) bond motifs is 1. The van der Waals surface area contributed by atoms with Gasteiger partial charge in [0, 0.05) is 19.2 Å². The Bertz CT molecular complexity index is 266. The van der Waals surface area contributed by atoms with Gasteiger partial charge in [0.1, 0.15) is 0 Å². The molecule has 0 spiro atoms. The van der Waals surface area contributed by atoms with Crippen molar-refractivity contribution in [3.05, 3.63) is 18.0 Å². The Kier molecular flexibility index (Phi) is 1.00. The average molecular weight is 137 g/mol. The van der Waals surface area contributed by atoms with E-state index in [1.807, 2.05) is 6.07 Å². The lowest BCUT2D eigenvalue weighted by atomic mass is 10.3. The summed E-state index contributed by atoms with van der Waals surface area (Å²) in [6.45, 7) is 0.727. The smallest absolute Gasteiger partial charge is 0.336 e. The molecule has 52 valence electrons. The fourth-order valence-electron chi connectivity index (χ4n) is 1.08. The van der Waals surface area contributed by atoms with Crippen LogP contribution in [-0.4, -0.2) is 22.4 Å². The Morgan fingerprint density at radius 1 is 1.70 bits per heavy atom. The molecule has 10 heavy (non-hydrogen) atoms. The number of hydrogen-bond donors (Lipinski definition) is 1. The fourth-order valence-corrected chi connectivity index (χ4v) is 1.08. The SMILES string of the molecule is O=C1NCCc2ccnn21. The third kappa shape index (κ3) is 0.618. The largest absolute Gasteiger partial charge is 0.342 e. The van der Waals surface area contributed by atoms with Crippen LogP contribution in [0.3, 0.4) is 0 Å². The highest BCUT2D eigenvalue weighted by Gasteiger charge is 2.14. The lowest BCUT2D eigenvalue weighted by Crippen LogP contribution is -2.37. The van der Waals surface area contributed by atoms with Gasteiger partial charge in [-0.1, -0.05) is 0 Å². The van der Waals surface area contributed by atoms with E-state index in [0.717, 1.165) is 18.7 Å². The highest BCUT2D eigenvalue weighted by molar-refractivity contribution is 5.77. The van der Waals surface area contributed by atoms with Gasteiger partial charge in [-0.2, -0.15) is 9.78 Å². The molecule has 0 radical (unpaired) electrons. The van der Waals surface area contributed by atoms with Gasteiger partial charge in [0.05, 0.1) is 5.69 Å². The second-order valence-electron chi connectivity index (χ2n) is 2.22. The number of carbonyl (C=O) groups excluding carboxylic acids is 1. The zero-order valence-corrected chi connectivity index (χ0v) is 5.37. The van der Waals surface area contributed by atoms with Crippen molar-refractivity contribution in [2.45, 2.75) is 6.42 Å². The quantitative estimate of drug-likeness (QED) is 0.547. The number of nitrogens with one attached hydrogen (secondary N) is 1. The molecule has 0 saturated carbocycles. The number of amides is 1. The molecule has 0 saturated heterocycles. The molecule has 0 aliphatic carbocycles. The molecule has 0 fully saturated rings. The summed E-state index contributed by atoms with van der Waals surface area (Å²) in [5.74, 6) is 0. The predicted octanol–water partition coefficient (Wildman–Crippen LogP) is -0.00310. The Morgan fingerprint density at radius 3 is 3.40 bits per heavy atom. The van der Waals surface area contributed by atoms with E-state index in [-0.39, 0.29) is 6.03 Å². The number of carbonyl (C=O) groups is 1. The van der Waals surface area contributed by atoms with Gasteiger partial charge in [0.15, 0.2) is 0 Å². The predicted molar refractivity (Wildman–Crippen MR) is 34.7 cm³/mol. The monoisotopic (exact) mass is 137 g/mol. The first kappa shape index (κ1) is 5.46. The van der Waals surface area contributed by atoms with Crippen LogP contribution in [0.1, 0.15) is 5.69 Å². The van der Waals surface area contributed by atoms with Crippen LogP contribution in [0.5, 0.6) is 0 Å². The summed E-state index contributed by atoms with van der Waals surface area (Å²) >= 11 is 0. The number of aromatic nitrogens is 2. The van der Waals surface area contributed by atoms with E-state index in [2.05, 4.69) is 10.4 Å². The summed E-state index contributed by atoms with van der Waals surface area (Å²) in [4.78, 5) is 10.9. The molecule has 1 aromatic heterocycles. The van der Waals surface area contributed by atoms with E-state index in [9.17, 15) is 4.79 Å². The second kappa shape index (κ2) is 1.83. The molecule has 2 rings (SSSR count). The standard InChI is InChI=1S/C6H7N3O/c10-6-7-3-1-5-2-4-8-9(5)6/h2,4H,1,3H2,(H,7,10). The summed E-state index contributed by atoms with van der Waals surface area (Å²) in [7, 11) is 0. The molecule has 1 aliphatic rings. The minimum atomic E-state index is -0.119. The minimum Gasteiger partial charge on any atom is -0.336 e. The summed E-state index contributed by atoms with van der Waals surface area (Å²) in [6, 6.07) is 1.74. The second-order valence-corrected chi connectivity index (χ2v) is 2.22. The van der Waals surface area contributed by atoms with Crippen LogP contribution in [0.25, 0.3) is 0 Å². The molecule has 1 aromatic rings. The third-order valence-corrected chi connectivity index (χ3v) is 1.57. The van der Waals surface area contributed by atoms with Gasteiger partial charge in [-0.3, -0.25) is 0 Å². The number of nitrogens with zero attached hydrogens (tertiary/aromatic N) is 2. The Morgan fingerprint density at radius 2 is 2.60 bits per heavy atom. The van der Waals surface area contributed by atoms with Gasteiger partial charge in [-0.25, -0.2) is 4.79 Å². The third-order valence-electron chi connectivity index (χ3n) is 1.57. The zero-order chi connectivity index (χ0) is 6.97. The summed E-state index contributed by atoms with van der Waals surface area (Å²) < 4.78 is 1.39. The molecule has 0 aromatic carbocycles. The molecule has 0 atom stereocenters. The molecule has 0 unspecified atom stereocenters. The molecular weight excluding hydrogens is 130 g/mol. The highest BCUT2D eigenvalue weighted by atomic mass is 16.2. The number of rotatable bonds is 0. The Hall–Kier alpha value is -1.32. The van der Waals surface area contributed by atoms with Crippen molar-refractivity contribution in [1.29, 1.82) is 0 Å². The van der Waals surface area contributed by atoms with E-state index >= 15 is 0 Å². The van der Waals surface area contributed by atoms with E-state index in [4.69, 9.17) is 0 Å². The van der Waals surface area contributed by atoms with E-state index in [1.165, 1.54) is 4.68 Å². The number of hydrogen-bond acceptors (Lipinski definition) is 2. The van der Waals surface area contributed by atoms with Gasteiger partial charge < -0.3 is 5.32 Å². The fraction of sp³-hybridized carbons (Fsp3) is 0.333. The maximum Gasteiger partial charge on any atom is 0.342 e. The van der Waals surface area contributed by atoms with Gasteiger partial charge in [0.25, 0.3) is 0 Å². The Balaban J connectivity index is 2.50. The van der Waals surface area contributed by atoms with Crippen molar-refractivity contribution in [3.63, 3.8) is 0 Å². The van der Waals surface area contributed by atoms with Crippen molar-refractivity contribution in [3.8, 4) is 0 Å². The first-order valence-electron chi connectivity index (χ1n) is 3.19. The first-order valence-corrected chi connectivity index (χ1v) is 3.19. The van der Waals surface area contributed by atoms with Gasteiger partial charge in [-0.05, 0) is 6.07 Å². The molecule has 2 heterocycles. The molecule has 4 nitrogen and oxygen atoms in total. The zero-order valence-electron chi connectivity index (χ0n) is 5.37. The van der Waals surface area contributed by atoms with E-state index < -0.39 is 0 Å². The molecule has 4 heteroatoms. The maximum absolute atomic E-state index is 10.9. The van der Waals surface area contributed by atoms with Crippen LogP contribution in [0.15, 0.2) is 12.3 Å². The van der Waals surface area contributed by atoms with Crippen LogP contribution < -0.4 is 5.32 Å². The maximum atomic E-state index is 10.9. The topological polar surface area (TPSA) is 46.9 Å². The van der Waals surface area contributed by atoms with Crippen molar-refractivity contribution in [2.75, 3.05) is 6.54 Å². The van der Waals surface area contributed by atoms with Crippen molar-refractivity contribution in [2.24, 2.45) is 0 Å². The van der Waals surface area contributed by atoms with Gasteiger partial charge >= 0.3 is 6.03 Å². The molecule has 1 N–H and O–H groups in total. The van der Waals surface area contributed by atoms with Crippen LogP contribution in [0, 0.1) is 0 Å². The minimum absolute atomic E-state index is 0.119. The van der Waals surface area contributed by atoms with Crippen LogP contribution in [-0.2, 0) is 6.42 Å². The highest BCUT2D eigenvalue weighted by Crippen LogP contribution is 2.02. The lowest BCUT2D eigenvalue weighted by Gasteiger charge is -2.12. The van der Waals surface area contributed by atoms with Crippen molar-refractivity contribution in [1.82, 2.24) is 15.1 Å². The average Bonchev–Trinajstić information content (AvgIpc) is 2.36. The van der Waals surface area contributed by atoms with Crippen LogP contribution >= 0.6 is 0 Å². The van der Waals surface area contributed by atoms with Gasteiger partial charge in [-0.15, -0.1) is 0 Å². The summed E-state index contributed by atoms with van der Waals surface area (Å²) in [6.07, 6.45) is 2.52. The lowest BCUT2D eigenvalue weighted by molar-refractivity contribution is 0.236. The van der Waals surface area contributed by atoms with Crippen molar-refractivity contribution >= 4 is 6.03 Å². The van der Waals surface area contributed by atoms with E-state index in [0.29, 0.717) is 0 Å². The first-order chi connectivity index (χ1) is 4.88. The summed E-state index contributed by atoms with van der Waals surface area (Å²) in [5, 5.41) is 6.53. The van der Waals surface area contributed by atoms with Crippen molar-refractivity contribution < 1.29 is 4.79 Å². The molecule has 1 amide bonds. The molecule has 1 aliphatic heterocycles. The Labute approximate surface area is 57.8 Å². The van der Waals surface area contributed by atoms with E-state index in [1.54, 1.807) is 6.20 Å². The van der Waals surface area contributed by atoms with Gasteiger partial charge in [0.2, 0.25) is 0 Å². The van der Waals surface area contributed by atoms with Crippen LogP contribution in [0.4, 0.5) is 4.79 Å². The summed E-state index contributed by atoms with van der Waals surface area (Å²) in [5.41, 5.74) is 0.990. The molecule has 0 bridgehead atoms. The van der Waals surface area contributed by atoms with Crippen LogP contribution in [0.2, 0.25) is 0 Å². The normalized spacial score (nSPS) is 16.2. The molecular formula is C6H7N3O.